The zero-order valence-corrected chi connectivity index (χ0v) is 10.6. The van der Waals surface area contributed by atoms with E-state index in [0.717, 1.165) is 42.9 Å². The monoisotopic (exact) mass is 239 g/mol. The van der Waals surface area contributed by atoms with Gasteiger partial charge in [0.1, 0.15) is 0 Å². The Kier molecular flexibility index (Phi) is 3.69. The van der Waals surface area contributed by atoms with Crippen LogP contribution in [0.5, 0.6) is 0 Å². The van der Waals surface area contributed by atoms with Crippen molar-refractivity contribution in [1.82, 2.24) is 5.32 Å². The number of rotatable bonds is 6. The van der Waals surface area contributed by atoms with Gasteiger partial charge in [0.2, 0.25) is 0 Å². The Morgan fingerprint density at radius 3 is 2.82 bits per heavy atom. The molecule has 5 unspecified atom stereocenters. The lowest BCUT2D eigenvalue weighted by atomic mass is 9.79. The van der Waals surface area contributed by atoms with Crippen LogP contribution in [0.25, 0.3) is 0 Å². The molecule has 2 N–H and O–H groups in total. The first-order valence-electron chi connectivity index (χ1n) is 7.32. The largest absolute Gasteiger partial charge is 0.394 e. The van der Waals surface area contributed by atoms with E-state index in [1.54, 1.807) is 0 Å². The Morgan fingerprint density at radius 1 is 1.06 bits per heavy atom. The minimum atomic E-state index is 0.137. The summed E-state index contributed by atoms with van der Waals surface area (Å²) in [5.74, 6) is 4.13. The first-order valence-corrected chi connectivity index (χ1v) is 7.32. The second-order valence-electron chi connectivity index (χ2n) is 6.05. The molecule has 0 aromatic carbocycles. The number of aliphatic hydroxyl groups excluding tert-OH is 1. The minimum absolute atomic E-state index is 0.137. The van der Waals surface area contributed by atoms with Gasteiger partial charge in [0.15, 0.2) is 0 Å². The summed E-state index contributed by atoms with van der Waals surface area (Å²) in [6.07, 6.45) is 7.38. The van der Waals surface area contributed by atoms with Gasteiger partial charge in [0.25, 0.3) is 0 Å². The number of fused-ring (bicyclic) bond motifs is 5. The van der Waals surface area contributed by atoms with Crippen LogP contribution in [0, 0.1) is 23.7 Å². The van der Waals surface area contributed by atoms with Gasteiger partial charge in [-0.1, -0.05) is 6.42 Å². The molecule has 0 aromatic rings. The maximum absolute atomic E-state index is 8.62. The van der Waals surface area contributed by atoms with Gasteiger partial charge < -0.3 is 15.2 Å². The standard InChI is InChI=1S/C14H25NO2/c16-5-7-17-6-4-15-14-9-10-8-13(14)12-3-1-2-11(10)12/h10-16H,1-9H2. The van der Waals surface area contributed by atoms with Crippen LogP contribution >= 0.6 is 0 Å². The molecule has 3 rings (SSSR count). The van der Waals surface area contributed by atoms with Crippen molar-refractivity contribution in [2.45, 2.75) is 38.1 Å². The summed E-state index contributed by atoms with van der Waals surface area (Å²) in [7, 11) is 0. The highest BCUT2D eigenvalue weighted by molar-refractivity contribution is 5.05. The lowest BCUT2D eigenvalue weighted by Crippen LogP contribution is -2.40. The molecule has 0 radical (unpaired) electrons. The fourth-order valence-electron chi connectivity index (χ4n) is 4.79. The molecule has 3 heteroatoms. The average molecular weight is 239 g/mol. The van der Waals surface area contributed by atoms with Crippen molar-refractivity contribution in [1.29, 1.82) is 0 Å². The molecule has 0 aromatic heterocycles. The molecule has 0 aliphatic heterocycles. The first-order chi connectivity index (χ1) is 8.40. The van der Waals surface area contributed by atoms with Crippen molar-refractivity contribution in [3.63, 3.8) is 0 Å². The van der Waals surface area contributed by atoms with Crippen LogP contribution in [0.1, 0.15) is 32.1 Å². The van der Waals surface area contributed by atoms with Crippen molar-refractivity contribution in [2.75, 3.05) is 26.4 Å². The second kappa shape index (κ2) is 5.25. The van der Waals surface area contributed by atoms with E-state index in [9.17, 15) is 0 Å². The van der Waals surface area contributed by atoms with Gasteiger partial charge in [0.05, 0.1) is 19.8 Å². The van der Waals surface area contributed by atoms with Crippen molar-refractivity contribution < 1.29 is 9.84 Å². The number of ether oxygens (including phenoxy) is 1. The summed E-state index contributed by atoms with van der Waals surface area (Å²) in [6.45, 7) is 2.30. The highest BCUT2D eigenvalue weighted by atomic mass is 16.5. The molecule has 0 saturated heterocycles. The molecular weight excluding hydrogens is 214 g/mol. The number of hydrogen-bond acceptors (Lipinski definition) is 3. The highest BCUT2D eigenvalue weighted by Crippen LogP contribution is 2.58. The SMILES string of the molecule is OCCOCCNC1CC2CC1C1CCCC21. The van der Waals surface area contributed by atoms with Gasteiger partial charge in [-0.3, -0.25) is 0 Å². The van der Waals surface area contributed by atoms with Gasteiger partial charge in [-0.05, 0) is 49.4 Å². The Labute approximate surface area is 104 Å². The van der Waals surface area contributed by atoms with E-state index in [4.69, 9.17) is 9.84 Å². The predicted molar refractivity (Wildman–Crippen MR) is 66.7 cm³/mol. The van der Waals surface area contributed by atoms with Crippen LogP contribution in [-0.4, -0.2) is 37.5 Å². The Balaban J connectivity index is 1.41. The Morgan fingerprint density at radius 2 is 1.94 bits per heavy atom. The zero-order chi connectivity index (χ0) is 11.7. The van der Waals surface area contributed by atoms with Crippen LogP contribution in [-0.2, 0) is 4.74 Å². The predicted octanol–water partition coefficient (Wildman–Crippen LogP) is 1.41. The molecule has 0 heterocycles. The van der Waals surface area contributed by atoms with Crippen LogP contribution in [0.2, 0.25) is 0 Å². The van der Waals surface area contributed by atoms with Crippen LogP contribution < -0.4 is 5.32 Å². The summed E-state index contributed by atoms with van der Waals surface area (Å²) in [4.78, 5) is 0. The van der Waals surface area contributed by atoms with Gasteiger partial charge >= 0.3 is 0 Å². The van der Waals surface area contributed by atoms with E-state index in [0.29, 0.717) is 6.61 Å². The van der Waals surface area contributed by atoms with Crippen LogP contribution in [0.4, 0.5) is 0 Å². The van der Waals surface area contributed by atoms with Crippen molar-refractivity contribution in [3.8, 4) is 0 Å². The third-order valence-corrected chi connectivity index (χ3v) is 5.32. The first kappa shape index (κ1) is 11.9. The van der Waals surface area contributed by atoms with E-state index in [1.807, 2.05) is 0 Å². The maximum atomic E-state index is 8.62. The Hall–Kier alpha value is -0.120. The highest BCUT2D eigenvalue weighted by Gasteiger charge is 2.53. The van der Waals surface area contributed by atoms with Gasteiger partial charge in [-0.25, -0.2) is 0 Å². The van der Waals surface area contributed by atoms with E-state index >= 15 is 0 Å². The minimum Gasteiger partial charge on any atom is -0.394 e. The van der Waals surface area contributed by atoms with Crippen molar-refractivity contribution >= 4 is 0 Å². The Bertz CT molecular complexity index is 259. The van der Waals surface area contributed by atoms with Crippen LogP contribution in [0.15, 0.2) is 0 Å². The molecule has 17 heavy (non-hydrogen) atoms. The summed E-state index contributed by atoms with van der Waals surface area (Å²) in [5.41, 5.74) is 0. The summed E-state index contributed by atoms with van der Waals surface area (Å²) in [6, 6.07) is 0.761. The van der Waals surface area contributed by atoms with E-state index < -0.39 is 0 Å². The summed E-state index contributed by atoms with van der Waals surface area (Å²) >= 11 is 0. The van der Waals surface area contributed by atoms with E-state index in [-0.39, 0.29) is 6.61 Å². The molecule has 0 spiro atoms. The number of hydrogen-bond donors (Lipinski definition) is 2. The van der Waals surface area contributed by atoms with Gasteiger partial charge in [-0.15, -0.1) is 0 Å². The second-order valence-corrected chi connectivity index (χ2v) is 6.05. The molecular formula is C14H25NO2. The zero-order valence-electron chi connectivity index (χ0n) is 10.6. The van der Waals surface area contributed by atoms with E-state index in [2.05, 4.69) is 5.32 Å². The van der Waals surface area contributed by atoms with Gasteiger partial charge in [-0.2, -0.15) is 0 Å². The quantitative estimate of drug-likeness (QED) is 0.689. The summed E-state index contributed by atoms with van der Waals surface area (Å²) < 4.78 is 5.30. The van der Waals surface area contributed by atoms with Crippen molar-refractivity contribution in [3.05, 3.63) is 0 Å². The fourth-order valence-corrected chi connectivity index (χ4v) is 4.79. The molecule has 3 saturated carbocycles. The third-order valence-electron chi connectivity index (χ3n) is 5.32. The maximum Gasteiger partial charge on any atom is 0.0698 e. The lowest BCUT2D eigenvalue weighted by molar-refractivity contribution is 0.0894. The molecule has 0 amide bonds. The smallest absolute Gasteiger partial charge is 0.0698 e. The molecule has 2 bridgehead atoms. The number of aliphatic hydroxyl groups is 1. The normalized spacial score (nSPS) is 43.2. The lowest BCUT2D eigenvalue weighted by Gasteiger charge is -2.32. The van der Waals surface area contributed by atoms with E-state index in [1.165, 1.54) is 32.1 Å². The van der Waals surface area contributed by atoms with Crippen molar-refractivity contribution in [2.24, 2.45) is 23.7 Å². The number of nitrogens with one attached hydrogen (secondary N) is 1. The molecule has 3 nitrogen and oxygen atoms in total. The third kappa shape index (κ3) is 2.25. The fraction of sp³-hybridized carbons (Fsp3) is 1.00. The average Bonchev–Trinajstić information content (AvgIpc) is 3.00. The molecule has 98 valence electrons. The molecule has 5 atom stereocenters. The topological polar surface area (TPSA) is 41.5 Å². The summed E-state index contributed by atoms with van der Waals surface area (Å²) in [5, 5.41) is 12.3. The molecule has 3 aliphatic carbocycles. The van der Waals surface area contributed by atoms with Crippen LogP contribution in [0.3, 0.4) is 0 Å². The molecule has 3 fully saturated rings. The van der Waals surface area contributed by atoms with Gasteiger partial charge in [0, 0.05) is 12.6 Å². The molecule has 3 aliphatic rings.